The molecule has 3 heterocycles. The van der Waals surface area contributed by atoms with Crippen molar-refractivity contribution in [2.75, 3.05) is 17.7 Å². The van der Waals surface area contributed by atoms with Crippen LogP contribution < -0.4 is 15.4 Å². The summed E-state index contributed by atoms with van der Waals surface area (Å²) in [5.41, 5.74) is 2.50. The lowest BCUT2D eigenvalue weighted by molar-refractivity contribution is -0.120. The molecule has 2 N–H and O–H groups in total. The van der Waals surface area contributed by atoms with Crippen LogP contribution in [0.15, 0.2) is 79.3 Å². The van der Waals surface area contributed by atoms with Crippen molar-refractivity contribution in [2.45, 2.75) is 19.0 Å². The number of benzene rings is 2. The van der Waals surface area contributed by atoms with Gasteiger partial charge in [0, 0.05) is 35.4 Å². The highest BCUT2D eigenvalue weighted by atomic mass is 35.5. The fraction of sp³-hybridized carbons (Fsp3) is 0.143. The number of hydrogen-bond acceptors (Lipinski definition) is 7. The quantitative estimate of drug-likeness (QED) is 0.361. The van der Waals surface area contributed by atoms with Gasteiger partial charge in [0.1, 0.15) is 6.04 Å². The van der Waals surface area contributed by atoms with Crippen molar-refractivity contribution in [3.05, 3.63) is 107 Å². The van der Waals surface area contributed by atoms with E-state index in [2.05, 4.69) is 25.6 Å². The van der Waals surface area contributed by atoms with Gasteiger partial charge in [0.2, 0.25) is 11.8 Å². The maximum absolute atomic E-state index is 13.7. The molecular formula is C28H23ClN6O4. The molecule has 0 fully saturated rings. The highest BCUT2D eigenvalue weighted by Crippen LogP contribution is 2.28. The molecule has 10 nitrogen and oxygen atoms in total. The number of fused-ring (bicyclic) bond motifs is 1. The Bertz CT molecular complexity index is 1510. The van der Waals surface area contributed by atoms with E-state index in [0.717, 1.165) is 5.56 Å². The molecule has 0 radical (unpaired) electrons. The summed E-state index contributed by atoms with van der Waals surface area (Å²) < 4.78 is 4.97. The minimum Gasteiger partial charge on any atom is -0.480 e. The SMILES string of the molecule is COc1cnc(NC(=O)c2ccc(CN3C(=O)c4ccc(Cl)cc4NC(=O)[C@H]3Cc3ccccn3)cc2)cn1. The number of amides is 3. The first kappa shape index (κ1) is 25.8. The molecule has 4 aromatic rings. The van der Waals surface area contributed by atoms with Crippen molar-refractivity contribution in [1.29, 1.82) is 0 Å². The molecule has 2 aromatic heterocycles. The predicted octanol–water partition coefficient (Wildman–Crippen LogP) is 3.99. The highest BCUT2D eigenvalue weighted by molar-refractivity contribution is 6.31. The zero-order chi connectivity index (χ0) is 27.4. The Balaban J connectivity index is 1.39. The van der Waals surface area contributed by atoms with Gasteiger partial charge in [0.05, 0.1) is 30.8 Å². The van der Waals surface area contributed by atoms with Crippen molar-refractivity contribution >= 4 is 40.8 Å². The molecule has 196 valence electrons. The predicted molar refractivity (Wildman–Crippen MR) is 145 cm³/mol. The molecule has 39 heavy (non-hydrogen) atoms. The van der Waals surface area contributed by atoms with E-state index in [1.54, 1.807) is 54.7 Å². The molecule has 0 bridgehead atoms. The zero-order valence-electron chi connectivity index (χ0n) is 20.8. The van der Waals surface area contributed by atoms with Crippen molar-refractivity contribution in [3.63, 3.8) is 0 Å². The Labute approximate surface area is 229 Å². The second-order valence-electron chi connectivity index (χ2n) is 8.75. The van der Waals surface area contributed by atoms with Gasteiger partial charge in [0.15, 0.2) is 5.82 Å². The topological polar surface area (TPSA) is 126 Å². The van der Waals surface area contributed by atoms with E-state index in [1.165, 1.54) is 24.4 Å². The Kier molecular flexibility index (Phi) is 7.46. The van der Waals surface area contributed by atoms with Crippen LogP contribution in [-0.4, -0.2) is 50.7 Å². The third-order valence-electron chi connectivity index (χ3n) is 6.19. The largest absolute Gasteiger partial charge is 0.480 e. The monoisotopic (exact) mass is 542 g/mol. The second kappa shape index (κ2) is 11.3. The third-order valence-corrected chi connectivity index (χ3v) is 6.42. The lowest BCUT2D eigenvalue weighted by atomic mass is 10.0. The maximum atomic E-state index is 13.7. The van der Waals surface area contributed by atoms with Crippen molar-refractivity contribution in [1.82, 2.24) is 19.9 Å². The first-order chi connectivity index (χ1) is 18.9. The summed E-state index contributed by atoms with van der Waals surface area (Å²) in [5, 5.41) is 5.94. The van der Waals surface area contributed by atoms with Gasteiger partial charge in [-0.3, -0.25) is 19.4 Å². The molecule has 0 saturated carbocycles. The van der Waals surface area contributed by atoms with Crippen LogP contribution in [-0.2, 0) is 17.8 Å². The molecular weight excluding hydrogens is 520 g/mol. The summed E-state index contributed by atoms with van der Waals surface area (Å²) >= 11 is 6.13. The zero-order valence-corrected chi connectivity index (χ0v) is 21.6. The molecule has 3 amide bonds. The van der Waals surface area contributed by atoms with Gasteiger partial charge in [-0.1, -0.05) is 29.8 Å². The third kappa shape index (κ3) is 5.86. The first-order valence-electron chi connectivity index (χ1n) is 12.0. The van der Waals surface area contributed by atoms with Gasteiger partial charge in [-0.25, -0.2) is 9.97 Å². The van der Waals surface area contributed by atoms with Gasteiger partial charge in [-0.05, 0) is 48.0 Å². The summed E-state index contributed by atoms with van der Waals surface area (Å²) in [6.07, 6.45) is 4.67. The Morgan fingerprint density at radius 2 is 1.87 bits per heavy atom. The molecule has 2 aromatic carbocycles. The number of carbonyl (C=O) groups is 3. The number of halogens is 1. The summed E-state index contributed by atoms with van der Waals surface area (Å²) in [7, 11) is 1.48. The molecule has 1 aliphatic heterocycles. The molecule has 1 aliphatic rings. The van der Waals surface area contributed by atoms with Gasteiger partial charge in [-0.15, -0.1) is 0 Å². The van der Waals surface area contributed by atoms with E-state index < -0.39 is 6.04 Å². The number of carbonyl (C=O) groups excluding carboxylic acids is 3. The van der Waals surface area contributed by atoms with Gasteiger partial charge in [0.25, 0.3) is 11.8 Å². The second-order valence-corrected chi connectivity index (χ2v) is 9.18. The number of methoxy groups -OCH3 is 1. The number of nitrogens with zero attached hydrogens (tertiary/aromatic N) is 4. The molecule has 0 saturated heterocycles. The van der Waals surface area contributed by atoms with Crippen molar-refractivity contribution in [3.8, 4) is 5.88 Å². The summed E-state index contributed by atoms with van der Waals surface area (Å²) in [5.74, 6) is -0.416. The van der Waals surface area contributed by atoms with Crippen LogP contribution in [0.2, 0.25) is 5.02 Å². The first-order valence-corrected chi connectivity index (χ1v) is 12.4. The van der Waals surface area contributed by atoms with Crippen molar-refractivity contribution < 1.29 is 19.1 Å². The summed E-state index contributed by atoms with van der Waals surface area (Å²) in [6.45, 7) is 0.137. The standard InChI is InChI=1S/C28H23ClN6O4/c1-39-25-15-31-24(14-32-25)34-26(36)18-7-5-17(6-8-18)16-35-23(13-20-4-2-3-11-30-20)27(37)33-22-12-19(29)9-10-21(22)28(35)38/h2-12,14-15,23H,13,16H2,1H3,(H,33,37)(H,31,34,36)/t23-/m1/s1. The minimum atomic E-state index is -0.824. The van der Waals surface area contributed by atoms with E-state index in [9.17, 15) is 14.4 Å². The molecule has 1 atom stereocenters. The number of pyridine rings is 1. The van der Waals surface area contributed by atoms with Crippen LogP contribution in [0.25, 0.3) is 0 Å². The normalized spacial score (nSPS) is 14.7. The molecule has 0 spiro atoms. The Hall–Kier alpha value is -4.83. The lowest BCUT2D eigenvalue weighted by Gasteiger charge is -2.28. The van der Waals surface area contributed by atoms with Gasteiger partial charge >= 0.3 is 0 Å². The van der Waals surface area contributed by atoms with E-state index in [4.69, 9.17) is 16.3 Å². The molecule has 0 unspecified atom stereocenters. The number of nitrogens with one attached hydrogen (secondary N) is 2. The number of ether oxygens (including phenoxy) is 1. The van der Waals surface area contributed by atoms with E-state index >= 15 is 0 Å². The smallest absolute Gasteiger partial charge is 0.256 e. The lowest BCUT2D eigenvalue weighted by Crippen LogP contribution is -2.46. The maximum Gasteiger partial charge on any atom is 0.256 e. The molecule has 0 aliphatic carbocycles. The van der Waals surface area contributed by atoms with Gasteiger partial charge < -0.3 is 20.3 Å². The van der Waals surface area contributed by atoms with Crippen LogP contribution >= 0.6 is 11.6 Å². The average molecular weight is 543 g/mol. The van der Waals surface area contributed by atoms with Crippen LogP contribution in [0.3, 0.4) is 0 Å². The number of anilines is 2. The van der Waals surface area contributed by atoms with Crippen LogP contribution in [0.4, 0.5) is 11.5 Å². The van der Waals surface area contributed by atoms with Crippen LogP contribution in [0, 0.1) is 0 Å². The average Bonchev–Trinajstić information content (AvgIpc) is 3.04. The van der Waals surface area contributed by atoms with E-state index in [-0.39, 0.29) is 36.5 Å². The number of rotatable bonds is 7. The summed E-state index contributed by atoms with van der Waals surface area (Å²) in [6, 6.07) is 16.2. The Morgan fingerprint density at radius 3 is 2.56 bits per heavy atom. The number of aromatic nitrogens is 3. The fourth-order valence-electron chi connectivity index (χ4n) is 4.19. The van der Waals surface area contributed by atoms with Crippen molar-refractivity contribution in [2.24, 2.45) is 0 Å². The van der Waals surface area contributed by atoms with Gasteiger partial charge in [-0.2, -0.15) is 0 Å². The number of hydrogen-bond donors (Lipinski definition) is 2. The van der Waals surface area contributed by atoms with E-state index in [0.29, 0.717) is 33.4 Å². The highest BCUT2D eigenvalue weighted by Gasteiger charge is 2.36. The Morgan fingerprint density at radius 1 is 1.05 bits per heavy atom. The molecule has 5 rings (SSSR count). The van der Waals surface area contributed by atoms with Crippen LogP contribution in [0.1, 0.15) is 32.0 Å². The minimum absolute atomic E-state index is 0.137. The summed E-state index contributed by atoms with van der Waals surface area (Å²) in [4.78, 5) is 53.7. The van der Waals surface area contributed by atoms with E-state index in [1.807, 2.05) is 12.1 Å². The fourth-order valence-corrected chi connectivity index (χ4v) is 4.37. The molecule has 11 heteroatoms. The van der Waals surface area contributed by atoms with Crippen LogP contribution in [0.5, 0.6) is 5.88 Å².